The third-order valence-corrected chi connectivity index (χ3v) is 6.44. The number of ether oxygens (including phenoxy) is 1. The summed E-state index contributed by atoms with van der Waals surface area (Å²) in [6.45, 7) is 2.40. The number of hydrogen-bond donors (Lipinski definition) is 1. The standard InChI is InChI=1S/C22H22N2O5S/c1-15-7-10-19(28-2)21(13-15)30(26,27)23-17-8-9-18-16(14-17)5-3-11-24(18)22(25)20-6-4-12-29-20/h4,6-10,12-14,23H,3,5,11H2,1-2H3. The molecule has 0 aliphatic carbocycles. The van der Waals surface area contributed by atoms with Gasteiger partial charge >= 0.3 is 0 Å². The Labute approximate surface area is 175 Å². The summed E-state index contributed by atoms with van der Waals surface area (Å²) in [7, 11) is -2.40. The number of anilines is 2. The Morgan fingerprint density at radius 2 is 2.00 bits per heavy atom. The second-order valence-corrected chi connectivity index (χ2v) is 8.79. The number of nitrogens with one attached hydrogen (secondary N) is 1. The van der Waals surface area contributed by atoms with Gasteiger partial charge in [0.15, 0.2) is 5.76 Å². The summed E-state index contributed by atoms with van der Waals surface area (Å²) in [6, 6.07) is 13.5. The summed E-state index contributed by atoms with van der Waals surface area (Å²) in [5.41, 5.74) is 2.91. The minimum Gasteiger partial charge on any atom is -0.495 e. The Kier molecular flexibility index (Phi) is 5.26. The second kappa shape index (κ2) is 7.87. The monoisotopic (exact) mass is 426 g/mol. The van der Waals surface area contributed by atoms with E-state index in [-0.39, 0.29) is 22.3 Å². The number of benzene rings is 2. The van der Waals surface area contributed by atoms with Crippen molar-refractivity contribution in [3.63, 3.8) is 0 Å². The van der Waals surface area contributed by atoms with Crippen LogP contribution in [0.5, 0.6) is 5.75 Å². The maximum atomic E-state index is 13.0. The molecule has 30 heavy (non-hydrogen) atoms. The Morgan fingerprint density at radius 3 is 2.73 bits per heavy atom. The number of furan rings is 1. The minimum atomic E-state index is -3.84. The van der Waals surface area contributed by atoms with Crippen molar-refractivity contribution in [3.8, 4) is 5.75 Å². The maximum Gasteiger partial charge on any atom is 0.293 e. The zero-order chi connectivity index (χ0) is 21.3. The fraction of sp³-hybridized carbons (Fsp3) is 0.227. The van der Waals surface area contributed by atoms with Crippen molar-refractivity contribution >= 4 is 27.3 Å². The van der Waals surface area contributed by atoms with Gasteiger partial charge < -0.3 is 14.1 Å². The summed E-state index contributed by atoms with van der Waals surface area (Å²) >= 11 is 0. The van der Waals surface area contributed by atoms with E-state index in [2.05, 4.69) is 4.72 Å². The number of amides is 1. The van der Waals surface area contributed by atoms with E-state index in [1.807, 2.05) is 6.92 Å². The molecule has 1 aromatic heterocycles. The van der Waals surface area contributed by atoms with Gasteiger partial charge in [-0.15, -0.1) is 0 Å². The molecule has 3 aromatic rings. The number of sulfonamides is 1. The quantitative estimate of drug-likeness (QED) is 0.666. The first-order valence-corrected chi connectivity index (χ1v) is 11.0. The molecule has 1 aliphatic rings. The molecule has 7 nitrogen and oxygen atoms in total. The molecule has 1 N–H and O–H groups in total. The number of methoxy groups -OCH3 is 1. The third-order valence-electron chi connectivity index (χ3n) is 5.04. The van der Waals surface area contributed by atoms with Gasteiger partial charge in [-0.3, -0.25) is 9.52 Å². The fourth-order valence-electron chi connectivity index (χ4n) is 3.61. The lowest BCUT2D eigenvalue weighted by Gasteiger charge is -2.29. The van der Waals surface area contributed by atoms with Crippen LogP contribution in [0.25, 0.3) is 0 Å². The number of fused-ring (bicyclic) bond motifs is 1. The molecule has 0 spiro atoms. The van der Waals surface area contributed by atoms with E-state index in [4.69, 9.17) is 9.15 Å². The van der Waals surface area contributed by atoms with Crippen molar-refractivity contribution in [2.45, 2.75) is 24.7 Å². The Morgan fingerprint density at radius 1 is 1.17 bits per heavy atom. The molecule has 0 saturated carbocycles. The number of hydrogen-bond acceptors (Lipinski definition) is 5. The SMILES string of the molecule is COc1ccc(C)cc1S(=O)(=O)Nc1ccc2c(c1)CCCN2C(=O)c1ccco1. The Hall–Kier alpha value is -3.26. The van der Waals surface area contributed by atoms with Crippen LogP contribution in [0.3, 0.4) is 0 Å². The first-order valence-electron chi connectivity index (χ1n) is 9.55. The van der Waals surface area contributed by atoms with Crippen LogP contribution in [-0.4, -0.2) is 28.0 Å². The highest BCUT2D eigenvalue weighted by Crippen LogP contribution is 2.33. The van der Waals surface area contributed by atoms with Gasteiger partial charge in [0.25, 0.3) is 15.9 Å². The van der Waals surface area contributed by atoms with Crippen molar-refractivity contribution in [2.75, 3.05) is 23.3 Å². The molecule has 1 amide bonds. The summed E-state index contributed by atoms with van der Waals surface area (Å²) in [4.78, 5) is 14.5. The Balaban J connectivity index is 1.63. The Bertz CT molecular complexity index is 1190. The van der Waals surface area contributed by atoms with E-state index >= 15 is 0 Å². The van der Waals surface area contributed by atoms with Gasteiger partial charge in [-0.05, 0) is 73.4 Å². The molecule has 2 aromatic carbocycles. The molecule has 4 rings (SSSR count). The molecule has 0 radical (unpaired) electrons. The normalized spacial score (nSPS) is 13.6. The van der Waals surface area contributed by atoms with Gasteiger partial charge in [-0.1, -0.05) is 6.07 Å². The van der Waals surface area contributed by atoms with E-state index in [0.29, 0.717) is 12.2 Å². The van der Waals surface area contributed by atoms with Gasteiger partial charge in [0.05, 0.1) is 13.4 Å². The molecule has 0 atom stereocenters. The van der Waals surface area contributed by atoms with Gasteiger partial charge in [0.1, 0.15) is 10.6 Å². The maximum absolute atomic E-state index is 13.0. The van der Waals surface area contributed by atoms with E-state index < -0.39 is 10.0 Å². The second-order valence-electron chi connectivity index (χ2n) is 7.14. The zero-order valence-corrected chi connectivity index (χ0v) is 17.5. The number of aryl methyl sites for hydroxylation is 2. The van der Waals surface area contributed by atoms with Crippen LogP contribution in [-0.2, 0) is 16.4 Å². The van der Waals surface area contributed by atoms with Gasteiger partial charge in [-0.25, -0.2) is 8.42 Å². The van der Waals surface area contributed by atoms with E-state index in [9.17, 15) is 13.2 Å². The van der Waals surface area contributed by atoms with Gasteiger partial charge in [0, 0.05) is 17.9 Å². The molecular formula is C22H22N2O5S. The molecule has 1 aliphatic heterocycles. The van der Waals surface area contributed by atoms with Crippen molar-refractivity contribution in [2.24, 2.45) is 0 Å². The average Bonchev–Trinajstić information content (AvgIpc) is 3.27. The fourth-order valence-corrected chi connectivity index (χ4v) is 4.91. The molecule has 0 fully saturated rings. The van der Waals surface area contributed by atoms with E-state index in [1.165, 1.54) is 13.4 Å². The van der Waals surface area contributed by atoms with Crippen LogP contribution < -0.4 is 14.4 Å². The zero-order valence-electron chi connectivity index (χ0n) is 16.7. The average molecular weight is 426 g/mol. The van der Waals surface area contributed by atoms with Crippen LogP contribution in [0.1, 0.15) is 28.1 Å². The molecule has 8 heteroatoms. The predicted octanol–water partition coefficient (Wildman–Crippen LogP) is 3.99. The molecule has 0 saturated heterocycles. The number of carbonyl (C=O) groups excluding carboxylic acids is 1. The van der Waals surface area contributed by atoms with Crippen molar-refractivity contribution in [3.05, 3.63) is 71.7 Å². The smallest absolute Gasteiger partial charge is 0.293 e. The van der Waals surface area contributed by atoms with Crippen molar-refractivity contribution in [1.82, 2.24) is 0 Å². The number of rotatable bonds is 5. The number of nitrogens with zero attached hydrogens (tertiary/aromatic N) is 1. The van der Waals surface area contributed by atoms with E-state index in [1.54, 1.807) is 53.4 Å². The lowest BCUT2D eigenvalue weighted by atomic mass is 10.0. The summed E-state index contributed by atoms with van der Waals surface area (Å²) in [5.74, 6) is 0.347. The minimum absolute atomic E-state index is 0.0809. The first-order chi connectivity index (χ1) is 14.4. The molecule has 2 heterocycles. The molecule has 0 bridgehead atoms. The van der Waals surface area contributed by atoms with E-state index in [0.717, 1.165) is 29.7 Å². The van der Waals surface area contributed by atoms with Crippen LogP contribution >= 0.6 is 0 Å². The van der Waals surface area contributed by atoms with Crippen LogP contribution in [0, 0.1) is 6.92 Å². The lowest BCUT2D eigenvalue weighted by molar-refractivity contribution is 0.0958. The molecule has 0 unspecified atom stereocenters. The summed E-state index contributed by atoms with van der Waals surface area (Å²) in [5, 5.41) is 0. The topological polar surface area (TPSA) is 88.9 Å². The highest BCUT2D eigenvalue weighted by molar-refractivity contribution is 7.92. The lowest BCUT2D eigenvalue weighted by Crippen LogP contribution is -2.35. The molecule has 156 valence electrons. The van der Waals surface area contributed by atoms with Crippen molar-refractivity contribution < 1.29 is 22.4 Å². The predicted molar refractivity (Wildman–Crippen MR) is 114 cm³/mol. The van der Waals surface area contributed by atoms with Gasteiger partial charge in [-0.2, -0.15) is 0 Å². The summed E-state index contributed by atoms with van der Waals surface area (Å²) in [6.07, 6.45) is 3.00. The highest BCUT2D eigenvalue weighted by atomic mass is 32.2. The summed E-state index contributed by atoms with van der Waals surface area (Å²) < 4.78 is 39.0. The van der Waals surface area contributed by atoms with Crippen LogP contribution in [0.15, 0.2) is 64.1 Å². The largest absolute Gasteiger partial charge is 0.495 e. The van der Waals surface area contributed by atoms with Gasteiger partial charge in [0.2, 0.25) is 0 Å². The third kappa shape index (κ3) is 3.78. The van der Waals surface area contributed by atoms with Crippen molar-refractivity contribution in [1.29, 1.82) is 0 Å². The number of carbonyl (C=O) groups is 1. The van der Waals surface area contributed by atoms with Crippen LogP contribution in [0.2, 0.25) is 0 Å². The highest BCUT2D eigenvalue weighted by Gasteiger charge is 2.26. The molecular weight excluding hydrogens is 404 g/mol. The van der Waals surface area contributed by atoms with Crippen LogP contribution in [0.4, 0.5) is 11.4 Å². The first kappa shape index (κ1) is 20.0.